The van der Waals surface area contributed by atoms with Crippen molar-refractivity contribution in [2.45, 2.75) is 31.1 Å². The fraction of sp³-hybridized carbons (Fsp3) is 0.429. The van der Waals surface area contributed by atoms with Crippen molar-refractivity contribution in [2.75, 3.05) is 18.4 Å². The standard InChI is InChI=1S/C14H20N4O2S2/c1-2-8-16-14(21)17-11-5-3-6-12(10-11)22(19,20)18-13-7-4-9-15-13/h3,5-6,10H,2,4,7-9H2,1H3,(H,15,18)(H2,16,17,21)/p+1. The summed E-state index contributed by atoms with van der Waals surface area (Å²) in [6.45, 7) is 3.62. The smallest absolute Gasteiger partial charge is 0.328 e. The predicted octanol–water partition coefficient (Wildman–Crippen LogP) is -0.0658. The normalized spacial score (nSPS) is 14.3. The van der Waals surface area contributed by atoms with Crippen LogP contribution in [0.25, 0.3) is 0 Å². The molecule has 1 heterocycles. The van der Waals surface area contributed by atoms with E-state index in [2.05, 4.69) is 20.3 Å². The molecule has 0 fully saturated rings. The lowest BCUT2D eigenvalue weighted by molar-refractivity contribution is -0.448. The number of hydrogen-bond acceptors (Lipinski definition) is 3. The molecule has 8 heteroatoms. The highest BCUT2D eigenvalue weighted by Gasteiger charge is 2.24. The second-order valence-corrected chi connectivity index (χ2v) is 7.11. The third-order valence-electron chi connectivity index (χ3n) is 3.14. The number of thiocarbonyl (C=S) groups is 1. The zero-order chi connectivity index (χ0) is 16.0. The van der Waals surface area contributed by atoms with Gasteiger partial charge in [0, 0.05) is 12.2 Å². The van der Waals surface area contributed by atoms with Crippen molar-refractivity contribution in [1.82, 2.24) is 10.0 Å². The first-order valence-electron chi connectivity index (χ1n) is 7.28. The third-order valence-corrected chi connectivity index (χ3v) is 4.77. The molecule has 0 saturated carbocycles. The van der Waals surface area contributed by atoms with Crippen molar-refractivity contribution < 1.29 is 13.4 Å². The number of hydrogen-bond donors (Lipinski definition) is 4. The Balaban J connectivity index is 2.08. The molecule has 0 spiro atoms. The van der Waals surface area contributed by atoms with E-state index in [4.69, 9.17) is 12.2 Å². The summed E-state index contributed by atoms with van der Waals surface area (Å²) < 4.78 is 27.3. The van der Waals surface area contributed by atoms with E-state index >= 15 is 0 Å². The Morgan fingerprint density at radius 2 is 2.23 bits per heavy atom. The Labute approximate surface area is 136 Å². The molecule has 0 aromatic heterocycles. The summed E-state index contributed by atoms with van der Waals surface area (Å²) in [6.07, 6.45) is 2.63. The molecule has 0 atom stereocenters. The fourth-order valence-electron chi connectivity index (χ4n) is 2.06. The van der Waals surface area contributed by atoms with Crippen molar-refractivity contribution in [2.24, 2.45) is 0 Å². The van der Waals surface area contributed by atoms with Gasteiger partial charge in [0.25, 0.3) is 5.84 Å². The number of amidine groups is 1. The zero-order valence-electron chi connectivity index (χ0n) is 12.5. The highest BCUT2D eigenvalue weighted by atomic mass is 32.2. The van der Waals surface area contributed by atoms with Crippen molar-refractivity contribution in [3.8, 4) is 0 Å². The summed E-state index contributed by atoms with van der Waals surface area (Å²) in [5.74, 6) is 0.651. The van der Waals surface area contributed by atoms with E-state index in [-0.39, 0.29) is 4.90 Å². The lowest BCUT2D eigenvalue weighted by Gasteiger charge is -2.10. The molecular formula is C14H21N4O2S2+. The summed E-state index contributed by atoms with van der Waals surface area (Å²) in [7, 11) is -3.57. The van der Waals surface area contributed by atoms with Crippen LogP contribution in [0.15, 0.2) is 29.2 Å². The van der Waals surface area contributed by atoms with Crippen LogP contribution in [-0.4, -0.2) is 32.5 Å². The zero-order valence-corrected chi connectivity index (χ0v) is 14.1. The molecule has 1 aliphatic heterocycles. The van der Waals surface area contributed by atoms with E-state index in [0.29, 0.717) is 16.6 Å². The van der Waals surface area contributed by atoms with Crippen molar-refractivity contribution in [3.05, 3.63) is 24.3 Å². The predicted molar refractivity (Wildman–Crippen MR) is 91.3 cm³/mol. The molecular weight excluding hydrogens is 320 g/mol. The van der Waals surface area contributed by atoms with E-state index in [1.54, 1.807) is 24.3 Å². The molecule has 0 aliphatic carbocycles. The summed E-state index contributed by atoms with van der Waals surface area (Å²) in [5.41, 5.74) is 0.640. The molecule has 6 nitrogen and oxygen atoms in total. The van der Waals surface area contributed by atoms with E-state index < -0.39 is 10.0 Å². The van der Waals surface area contributed by atoms with Crippen LogP contribution in [0, 0.1) is 0 Å². The van der Waals surface area contributed by atoms with Gasteiger partial charge in [0.05, 0.1) is 13.0 Å². The maximum Gasteiger partial charge on any atom is 0.328 e. The Kier molecular flexibility index (Phi) is 5.73. The SMILES string of the molecule is CCCNC(=S)Nc1cccc(S(=O)(=O)NC2=[NH+]CCC2)c1. The van der Waals surface area contributed by atoms with Gasteiger partial charge >= 0.3 is 10.0 Å². The Morgan fingerprint density at radius 3 is 2.91 bits per heavy atom. The lowest BCUT2D eigenvalue weighted by atomic mass is 10.3. The van der Waals surface area contributed by atoms with Crippen LogP contribution in [0.1, 0.15) is 26.2 Å². The molecule has 120 valence electrons. The van der Waals surface area contributed by atoms with Crippen molar-refractivity contribution in [1.29, 1.82) is 0 Å². The van der Waals surface area contributed by atoms with Crippen LogP contribution in [0.3, 0.4) is 0 Å². The summed E-state index contributed by atoms with van der Waals surface area (Å²) >= 11 is 5.15. The molecule has 2 rings (SSSR count). The average molecular weight is 341 g/mol. The lowest BCUT2D eigenvalue weighted by Crippen LogP contribution is -2.72. The molecule has 0 radical (unpaired) electrons. The summed E-state index contributed by atoms with van der Waals surface area (Å²) in [6, 6.07) is 6.59. The summed E-state index contributed by atoms with van der Waals surface area (Å²) in [5, 5.41) is 6.51. The molecule has 1 aromatic rings. The van der Waals surface area contributed by atoms with Gasteiger partial charge in [-0.1, -0.05) is 13.0 Å². The van der Waals surface area contributed by atoms with Crippen LogP contribution >= 0.6 is 12.2 Å². The average Bonchev–Trinajstić information content (AvgIpc) is 2.97. The summed E-state index contributed by atoms with van der Waals surface area (Å²) in [4.78, 5) is 3.24. The van der Waals surface area contributed by atoms with Crippen LogP contribution in [0.4, 0.5) is 5.69 Å². The van der Waals surface area contributed by atoms with Crippen LogP contribution in [0.2, 0.25) is 0 Å². The van der Waals surface area contributed by atoms with Gasteiger partial charge in [-0.25, -0.2) is 0 Å². The van der Waals surface area contributed by atoms with Gasteiger partial charge in [-0.15, -0.1) is 0 Å². The van der Waals surface area contributed by atoms with Gasteiger partial charge in [-0.2, -0.15) is 13.1 Å². The van der Waals surface area contributed by atoms with Crippen LogP contribution in [-0.2, 0) is 10.0 Å². The van der Waals surface area contributed by atoms with Gasteiger partial charge in [-0.3, -0.25) is 4.99 Å². The highest BCUT2D eigenvalue weighted by molar-refractivity contribution is 7.90. The van der Waals surface area contributed by atoms with Gasteiger partial charge in [-0.05, 0) is 43.3 Å². The first-order chi connectivity index (χ1) is 10.5. The largest absolute Gasteiger partial charge is 0.362 e. The van der Waals surface area contributed by atoms with E-state index in [1.807, 2.05) is 6.92 Å². The topological polar surface area (TPSA) is 84.2 Å². The maximum absolute atomic E-state index is 12.3. The minimum Gasteiger partial charge on any atom is -0.362 e. The van der Waals surface area contributed by atoms with Crippen LogP contribution < -0.4 is 20.3 Å². The molecule has 4 N–H and O–H groups in total. The third kappa shape index (κ3) is 4.67. The minimum atomic E-state index is -3.57. The van der Waals surface area contributed by atoms with Gasteiger partial charge in [0.1, 0.15) is 4.90 Å². The van der Waals surface area contributed by atoms with Gasteiger partial charge in [0.15, 0.2) is 5.11 Å². The molecule has 1 aliphatic rings. The number of benzene rings is 1. The van der Waals surface area contributed by atoms with Gasteiger partial charge < -0.3 is 10.6 Å². The van der Waals surface area contributed by atoms with E-state index in [0.717, 1.165) is 32.4 Å². The Bertz CT molecular complexity index is 671. The van der Waals surface area contributed by atoms with Crippen molar-refractivity contribution >= 4 is 38.9 Å². The molecule has 22 heavy (non-hydrogen) atoms. The number of sulfonamides is 1. The number of rotatable bonds is 5. The van der Waals surface area contributed by atoms with E-state index in [1.165, 1.54) is 0 Å². The first kappa shape index (κ1) is 16.7. The maximum atomic E-state index is 12.3. The second-order valence-electron chi connectivity index (χ2n) is 5.02. The highest BCUT2D eigenvalue weighted by Crippen LogP contribution is 2.15. The Hall–Kier alpha value is -1.67. The van der Waals surface area contributed by atoms with Crippen LogP contribution in [0.5, 0.6) is 0 Å². The molecule has 0 bridgehead atoms. The first-order valence-corrected chi connectivity index (χ1v) is 9.18. The van der Waals surface area contributed by atoms with E-state index in [9.17, 15) is 8.42 Å². The quantitative estimate of drug-likeness (QED) is 0.564. The molecule has 0 unspecified atom stereocenters. The monoisotopic (exact) mass is 341 g/mol. The molecule has 0 saturated heterocycles. The number of anilines is 1. The number of nitrogens with one attached hydrogen (secondary N) is 4. The Morgan fingerprint density at radius 1 is 1.41 bits per heavy atom. The van der Waals surface area contributed by atoms with Crippen molar-refractivity contribution in [3.63, 3.8) is 0 Å². The molecule has 1 aromatic carbocycles. The molecule has 0 amide bonds. The minimum absolute atomic E-state index is 0.206. The van der Waals surface area contributed by atoms with Gasteiger partial charge in [0.2, 0.25) is 0 Å². The second kappa shape index (κ2) is 7.55. The fourth-order valence-corrected chi connectivity index (χ4v) is 3.43.